The highest BCUT2D eigenvalue weighted by Gasteiger charge is 2.18. The van der Waals surface area contributed by atoms with Crippen molar-refractivity contribution in [2.45, 2.75) is 32.1 Å². The first-order valence-corrected chi connectivity index (χ1v) is 6.27. The van der Waals surface area contributed by atoms with Crippen molar-refractivity contribution in [2.24, 2.45) is 4.40 Å². The van der Waals surface area contributed by atoms with Crippen molar-refractivity contribution in [1.82, 2.24) is 4.98 Å². The van der Waals surface area contributed by atoms with Crippen LogP contribution >= 0.6 is 0 Å². The first-order valence-electron chi connectivity index (χ1n) is 5.17. The number of alkyl halides is 2. The Morgan fingerprint density at radius 2 is 2.11 bits per heavy atom. The maximum absolute atomic E-state index is 12.0. The number of hydrogen-bond acceptors (Lipinski definition) is 3. The number of nitrogens with zero attached hydrogens (tertiary/aromatic N) is 2. The second-order valence-electron chi connectivity index (χ2n) is 4.38. The summed E-state index contributed by atoms with van der Waals surface area (Å²) in [5.41, 5.74) is 0.311. The number of pyridine rings is 1. The van der Waals surface area contributed by atoms with Crippen molar-refractivity contribution in [3.05, 3.63) is 23.9 Å². The molecule has 100 valence electrons. The molecular formula is C11H14F2N2O2S. The summed E-state index contributed by atoms with van der Waals surface area (Å²) in [7, 11) is -1.41. The first kappa shape index (κ1) is 14.7. The van der Waals surface area contributed by atoms with Gasteiger partial charge in [0.05, 0.1) is 16.7 Å². The van der Waals surface area contributed by atoms with E-state index >= 15 is 0 Å². The summed E-state index contributed by atoms with van der Waals surface area (Å²) in [6.07, 6.45) is 1.28. The molecule has 0 aromatic carbocycles. The van der Waals surface area contributed by atoms with E-state index in [0.29, 0.717) is 5.69 Å². The summed E-state index contributed by atoms with van der Waals surface area (Å²) in [5, 5.41) is 0. The van der Waals surface area contributed by atoms with Crippen molar-refractivity contribution in [3.8, 4) is 5.88 Å². The van der Waals surface area contributed by atoms with E-state index in [0.717, 1.165) is 0 Å². The molecule has 0 aliphatic carbocycles. The smallest absolute Gasteiger partial charge is 0.388 e. The normalized spacial score (nSPS) is 14.1. The number of ether oxygens (including phenoxy) is 1. The number of halogens is 2. The monoisotopic (exact) mass is 276 g/mol. The van der Waals surface area contributed by atoms with Crippen LogP contribution in [0, 0.1) is 0 Å². The van der Waals surface area contributed by atoms with Crippen molar-refractivity contribution < 1.29 is 17.7 Å². The molecular weight excluding hydrogens is 262 g/mol. The Balaban J connectivity index is 2.79. The molecule has 0 radical (unpaired) electrons. The van der Waals surface area contributed by atoms with Gasteiger partial charge in [0.25, 0.3) is 0 Å². The molecule has 1 rings (SSSR count). The third-order valence-electron chi connectivity index (χ3n) is 1.76. The summed E-state index contributed by atoms with van der Waals surface area (Å²) in [5.74, 6) is -0.199. The van der Waals surface area contributed by atoms with Gasteiger partial charge < -0.3 is 4.74 Å². The summed E-state index contributed by atoms with van der Waals surface area (Å²) in [4.78, 5) is 3.78. The van der Waals surface area contributed by atoms with E-state index in [1.54, 1.807) is 26.8 Å². The Morgan fingerprint density at radius 3 is 2.67 bits per heavy atom. The van der Waals surface area contributed by atoms with Crippen LogP contribution in [0.15, 0.2) is 22.6 Å². The van der Waals surface area contributed by atoms with Crippen LogP contribution in [0.25, 0.3) is 0 Å². The van der Waals surface area contributed by atoms with Crippen LogP contribution in [0.3, 0.4) is 0 Å². The lowest BCUT2D eigenvalue weighted by Crippen LogP contribution is -2.19. The molecule has 0 spiro atoms. The molecule has 1 atom stereocenters. The molecule has 0 amide bonds. The quantitative estimate of drug-likeness (QED) is 0.794. The van der Waals surface area contributed by atoms with Gasteiger partial charge in [-0.25, -0.2) is 9.19 Å². The Kier molecular flexibility index (Phi) is 4.89. The van der Waals surface area contributed by atoms with Gasteiger partial charge in [0.2, 0.25) is 5.88 Å². The van der Waals surface area contributed by atoms with Crippen molar-refractivity contribution in [1.29, 1.82) is 0 Å². The molecule has 18 heavy (non-hydrogen) atoms. The minimum Gasteiger partial charge on any atom is -0.417 e. The van der Waals surface area contributed by atoms with Gasteiger partial charge >= 0.3 is 6.61 Å². The summed E-state index contributed by atoms with van der Waals surface area (Å²) in [6, 6.07) is 4.37. The second kappa shape index (κ2) is 5.99. The van der Waals surface area contributed by atoms with Gasteiger partial charge in [-0.3, -0.25) is 0 Å². The van der Waals surface area contributed by atoms with E-state index in [1.807, 2.05) is 0 Å². The van der Waals surface area contributed by atoms with Crippen molar-refractivity contribution >= 4 is 17.2 Å². The topological polar surface area (TPSA) is 51.5 Å². The van der Waals surface area contributed by atoms with Crippen LogP contribution in [0.2, 0.25) is 0 Å². The van der Waals surface area contributed by atoms with E-state index < -0.39 is 22.3 Å². The van der Waals surface area contributed by atoms with E-state index in [4.69, 9.17) is 0 Å². The largest absolute Gasteiger partial charge is 0.417 e. The fourth-order valence-electron chi connectivity index (χ4n) is 0.920. The Morgan fingerprint density at radius 1 is 1.44 bits per heavy atom. The Hall–Kier alpha value is -1.37. The first-order chi connectivity index (χ1) is 8.29. The molecule has 1 heterocycles. The molecule has 1 aromatic rings. The van der Waals surface area contributed by atoms with E-state index in [1.165, 1.54) is 18.3 Å². The fourth-order valence-corrected chi connectivity index (χ4v) is 1.44. The molecule has 0 fully saturated rings. The maximum atomic E-state index is 12.0. The zero-order chi connectivity index (χ0) is 13.8. The highest BCUT2D eigenvalue weighted by molar-refractivity contribution is 7.85. The zero-order valence-electron chi connectivity index (χ0n) is 10.3. The van der Waals surface area contributed by atoms with Gasteiger partial charge in [-0.05, 0) is 26.8 Å². The highest BCUT2D eigenvalue weighted by Crippen LogP contribution is 2.13. The summed E-state index contributed by atoms with van der Waals surface area (Å²) < 4.78 is 43.1. The highest BCUT2D eigenvalue weighted by atomic mass is 32.2. The van der Waals surface area contributed by atoms with Crippen LogP contribution in [0.5, 0.6) is 5.88 Å². The van der Waals surface area contributed by atoms with Gasteiger partial charge in [0, 0.05) is 6.07 Å². The van der Waals surface area contributed by atoms with Crippen molar-refractivity contribution in [2.75, 3.05) is 0 Å². The summed E-state index contributed by atoms with van der Waals surface area (Å²) in [6.45, 7) is 2.42. The van der Waals surface area contributed by atoms with Gasteiger partial charge in [-0.15, -0.1) is 0 Å². The number of hydrogen-bond donors (Lipinski definition) is 0. The lowest BCUT2D eigenvalue weighted by Gasteiger charge is -2.12. The van der Waals surface area contributed by atoms with Crippen molar-refractivity contribution in [3.63, 3.8) is 0 Å². The minimum atomic E-state index is -2.92. The molecule has 0 aliphatic heterocycles. The van der Waals surface area contributed by atoms with Crippen LogP contribution in [0.1, 0.15) is 26.5 Å². The average molecular weight is 276 g/mol. The molecule has 0 saturated carbocycles. The number of rotatable bonds is 4. The van der Waals surface area contributed by atoms with E-state index in [2.05, 4.69) is 14.1 Å². The SMILES string of the molecule is CC(C)(C)[S@@](=O)N=Cc1cccc(OC(F)F)n1. The Labute approximate surface area is 107 Å². The van der Waals surface area contributed by atoms with Gasteiger partial charge in [-0.1, -0.05) is 6.07 Å². The lowest BCUT2D eigenvalue weighted by atomic mass is 10.3. The predicted octanol–water partition coefficient (Wildman–Crippen LogP) is 2.56. The van der Waals surface area contributed by atoms with E-state index in [9.17, 15) is 13.0 Å². The molecule has 7 heteroatoms. The average Bonchev–Trinajstić information content (AvgIpc) is 2.24. The molecule has 0 aliphatic rings. The van der Waals surface area contributed by atoms with Crippen LogP contribution < -0.4 is 4.74 Å². The standard InChI is InChI=1S/C11H14F2N2O2S/c1-11(2,3)18(16)14-7-8-5-4-6-9(15-8)17-10(12)13/h4-7,10H,1-3H3/t18-/m1/s1. The van der Waals surface area contributed by atoms with Crippen LogP contribution in [0.4, 0.5) is 8.78 Å². The molecule has 0 bridgehead atoms. The van der Waals surface area contributed by atoms with Crippen LogP contribution in [-0.2, 0) is 11.0 Å². The Bertz CT molecular complexity index is 459. The second-order valence-corrected chi connectivity index (χ2v) is 6.31. The third-order valence-corrected chi connectivity index (χ3v) is 3.10. The molecule has 0 N–H and O–H groups in total. The molecule has 0 saturated heterocycles. The molecule has 0 unspecified atom stereocenters. The van der Waals surface area contributed by atoms with Gasteiger partial charge in [-0.2, -0.15) is 13.2 Å². The molecule has 4 nitrogen and oxygen atoms in total. The third kappa shape index (κ3) is 4.87. The van der Waals surface area contributed by atoms with Crippen LogP contribution in [-0.4, -0.2) is 26.8 Å². The fraction of sp³-hybridized carbons (Fsp3) is 0.455. The molecule has 1 aromatic heterocycles. The zero-order valence-corrected chi connectivity index (χ0v) is 11.1. The predicted molar refractivity (Wildman–Crippen MR) is 66.4 cm³/mol. The van der Waals surface area contributed by atoms with Gasteiger partial charge in [0.15, 0.2) is 0 Å². The maximum Gasteiger partial charge on any atom is 0.388 e. The summed E-state index contributed by atoms with van der Waals surface area (Å²) >= 11 is 0. The van der Waals surface area contributed by atoms with Gasteiger partial charge in [0.1, 0.15) is 11.0 Å². The van der Waals surface area contributed by atoms with E-state index in [-0.39, 0.29) is 5.88 Å². The number of aromatic nitrogens is 1. The minimum absolute atomic E-state index is 0.199. The lowest BCUT2D eigenvalue weighted by molar-refractivity contribution is -0.0528.